The summed E-state index contributed by atoms with van der Waals surface area (Å²) in [7, 11) is 0. The third-order valence-electron chi connectivity index (χ3n) is 4.54. The Morgan fingerprint density at radius 2 is 1.71 bits per heavy atom. The number of hydrogen-bond acceptors (Lipinski definition) is 4. The molecule has 1 saturated heterocycles. The van der Waals surface area contributed by atoms with Gasteiger partial charge in [-0.3, -0.25) is 0 Å². The first-order valence-electron chi connectivity index (χ1n) is 8.74. The van der Waals surface area contributed by atoms with Gasteiger partial charge in [0.05, 0.1) is 0 Å². The number of rotatable bonds is 3. The fraction of sp³-hybridized carbons (Fsp3) is 0.368. The van der Waals surface area contributed by atoms with E-state index in [1.165, 1.54) is 18.3 Å². The Hall–Kier alpha value is -2.84. The van der Waals surface area contributed by atoms with Crippen molar-refractivity contribution in [1.29, 1.82) is 0 Å². The molecule has 150 valence electrons. The van der Waals surface area contributed by atoms with Crippen LogP contribution in [0.25, 0.3) is 0 Å². The lowest BCUT2D eigenvalue weighted by Crippen LogP contribution is -2.43. The summed E-state index contributed by atoms with van der Waals surface area (Å²) in [4.78, 5) is 5.83. The number of halogens is 4. The topological polar surface area (TPSA) is 58.0 Å². The van der Waals surface area contributed by atoms with Crippen LogP contribution >= 0.6 is 0 Å². The number of aromatic nitrogens is 1. The van der Waals surface area contributed by atoms with E-state index in [1.54, 1.807) is 0 Å². The quantitative estimate of drug-likeness (QED) is 0.206. The second-order valence-electron chi connectivity index (χ2n) is 7.06. The van der Waals surface area contributed by atoms with Crippen LogP contribution in [0.15, 0.2) is 29.6 Å². The van der Waals surface area contributed by atoms with Crippen molar-refractivity contribution < 1.29 is 27.5 Å². The molecule has 9 heteroatoms. The summed E-state index contributed by atoms with van der Waals surface area (Å²) in [6.07, 6.45) is 2.36. The zero-order valence-electron chi connectivity index (χ0n) is 15.3. The Morgan fingerprint density at radius 1 is 1.11 bits per heavy atom. The highest BCUT2D eigenvalue weighted by atomic mass is 19.2. The van der Waals surface area contributed by atoms with Crippen molar-refractivity contribution in [2.75, 3.05) is 13.1 Å². The van der Waals surface area contributed by atoms with Gasteiger partial charge >= 0.3 is 0 Å². The van der Waals surface area contributed by atoms with E-state index in [9.17, 15) is 22.8 Å². The number of nitrogens with zero attached hydrogens (tertiary/aromatic N) is 3. The van der Waals surface area contributed by atoms with Crippen molar-refractivity contribution >= 4 is 5.84 Å². The molecular formula is C19H19F4N3O2. The van der Waals surface area contributed by atoms with Crippen LogP contribution in [-0.4, -0.2) is 34.0 Å². The number of ether oxygens (including phenoxy) is 1. The van der Waals surface area contributed by atoms with Gasteiger partial charge in [0, 0.05) is 37.0 Å². The second kappa shape index (κ2) is 8.04. The lowest BCUT2D eigenvalue weighted by Gasteiger charge is -2.36. The van der Waals surface area contributed by atoms with Crippen LogP contribution in [0.1, 0.15) is 25.8 Å². The van der Waals surface area contributed by atoms with E-state index in [0.717, 1.165) is 6.42 Å². The molecule has 3 rings (SSSR count). The average molecular weight is 397 g/mol. The van der Waals surface area contributed by atoms with Crippen LogP contribution in [0.4, 0.5) is 17.6 Å². The third kappa shape index (κ3) is 4.02. The number of likely N-dealkylation sites (tertiary alicyclic amines) is 1. The lowest BCUT2D eigenvalue weighted by molar-refractivity contribution is 0.204. The van der Waals surface area contributed by atoms with Gasteiger partial charge < -0.3 is 14.8 Å². The number of hydrogen-bond donors (Lipinski definition) is 1. The molecule has 2 atom stereocenters. The first kappa shape index (κ1) is 19.9. The van der Waals surface area contributed by atoms with Gasteiger partial charge in [-0.25, -0.2) is 13.8 Å². The summed E-state index contributed by atoms with van der Waals surface area (Å²) in [6.45, 7) is 5.63. The van der Waals surface area contributed by atoms with Crippen LogP contribution in [-0.2, 0) is 0 Å². The van der Waals surface area contributed by atoms with E-state index in [2.05, 4.69) is 24.0 Å². The van der Waals surface area contributed by atoms with Gasteiger partial charge in [0.2, 0.25) is 23.3 Å². The minimum absolute atomic E-state index is 0.0959. The molecule has 1 aromatic carbocycles. The molecule has 0 radical (unpaired) electrons. The molecule has 1 aromatic heterocycles. The fourth-order valence-electron chi connectivity index (χ4n) is 3.46. The van der Waals surface area contributed by atoms with Crippen LogP contribution in [0.5, 0.6) is 11.6 Å². The van der Waals surface area contributed by atoms with Crippen molar-refractivity contribution in [3.8, 4) is 11.6 Å². The molecule has 28 heavy (non-hydrogen) atoms. The Bertz CT molecular complexity index is 853. The molecule has 1 aliphatic rings. The molecule has 5 nitrogen and oxygen atoms in total. The second-order valence-corrected chi connectivity index (χ2v) is 7.06. The van der Waals surface area contributed by atoms with E-state index < -0.39 is 29.0 Å². The van der Waals surface area contributed by atoms with Gasteiger partial charge in [0.15, 0.2) is 17.5 Å². The number of pyridine rings is 1. The molecule has 2 unspecified atom stereocenters. The molecule has 1 fully saturated rings. The fourth-order valence-corrected chi connectivity index (χ4v) is 3.46. The summed E-state index contributed by atoms with van der Waals surface area (Å²) in [5, 5.41) is 12.8. The zero-order valence-corrected chi connectivity index (χ0v) is 15.3. The summed E-state index contributed by atoms with van der Waals surface area (Å²) < 4.78 is 58.9. The van der Waals surface area contributed by atoms with E-state index in [4.69, 9.17) is 4.74 Å². The monoisotopic (exact) mass is 397 g/mol. The van der Waals surface area contributed by atoms with Gasteiger partial charge in [0.1, 0.15) is 0 Å². The number of oxime groups is 1. The Morgan fingerprint density at radius 3 is 2.21 bits per heavy atom. The van der Waals surface area contributed by atoms with E-state index in [-0.39, 0.29) is 11.9 Å². The predicted molar refractivity (Wildman–Crippen MR) is 93.4 cm³/mol. The normalized spacial score (nSPS) is 20.4. The molecule has 2 aromatic rings. The van der Waals surface area contributed by atoms with Crippen molar-refractivity contribution in [3.05, 3.63) is 53.2 Å². The summed E-state index contributed by atoms with van der Waals surface area (Å²) in [6, 6.07) is 2.84. The molecule has 1 aliphatic heterocycles. The largest absolute Gasteiger partial charge is 0.433 e. The molecule has 0 aliphatic carbocycles. The highest BCUT2D eigenvalue weighted by Gasteiger charge is 2.26. The van der Waals surface area contributed by atoms with Crippen molar-refractivity contribution in [1.82, 2.24) is 9.88 Å². The SMILES string of the molecule is CC1CC(C)CN(/C(=N\O)c2ccc(Oc3c(F)c(F)cc(F)c3F)nc2)C1. The Balaban J connectivity index is 1.82. The average Bonchev–Trinajstić information content (AvgIpc) is 2.65. The van der Waals surface area contributed by atoms with E-state index in [1.807, 2.05) is 4.90 Å². The molecule has 0 spiro atoms. The highest BCUT2D eigenvalue weighted by Crippen LogP contribution is 2.30. The van der Waals surface area contributed by atoms with Crippen LogP contribution in [0, 0.1) is 35.1 Å². The maximum atomic E-state index is 13.7. The van der Waals surface area contributed by atoms with Gasteiger partial charge in [-0.15, -0.1) is 0 Å². The number of piperidine rings is 1. The van der Waals surface area contributed by atoms with Crippen molar-refractivity contribution in [2.45, 2.75) is 20.3 Å². The van der Waals surface area contributed by atoms with E-state index >= 15 is 0 Å². The highest BCUT2D eigenvalue weighted by molar-refractivity contribution is 5.98. The van der Waals surface area contributed by atoms with Gasteiger partial charge in [-0.05, 0) is 24.3 Å². The van der Waals surface area contributed by atoms with Gasteiger partial charge in [-0.1, -0.05) is 19.0 Å². The van der Waals surface area contributed by atoms with Crippen molar-refractivity contribution in [2.24, 2.45) is 17.0 Å². The molecule has 0 bridgehead atoms. The smallest absolute Gasteiger partial charge is 0.219 e. The molecule has 0 saturated carbocycles. The molecule has 1 N–H and O–H groups in total. The Labute approximate surface area is 159 Å². The van der Waals surface area contributed by atoms with Gasteiger partial charge in [-0.2, -0.15) is 8.78 Å². The lowest BCUT2D eigenvalue weighted by atomic mass is 9.91. The summed E-state index contributed by atoms with van der Waals surface area (Å²) in [5.41, 5.74) is 0.461. The first-order valence-corrected chi connectivity index (χ1v) is 8.74. The minimum atomic E-state index is -1.65. The molecule has 2 heterocycles. The standard InChI is InChI=1S/C19H19F4N3O2/c1-10-5-11(2)9-26(8-10)19(25-27)12-3-4-15(24-7-12)28-18-16(22)13(20)6-14(21)17(18)23/h3-4,6-7,10-11,27H,5,8-9H2,1-2H3/b25-19-. The minimum Gasteiger partial charge on any atom is -0.433 e. The van der Waals surface area contributed by atoms with E-state index in [0.29, 0.717) is 36.3 Å². The maximum Gasteiger partial charge on any atom is 0.219 e. The first-order chi connectivity index (χ1) is 13.3. The third-order valence-corrected chi connectivity index (χ3v) is 4.54. The van der Waals surface area contributed by atoms with Crippen LogP contribution < -0.4 is 4.74 Å². The summed E-state index contributed by atoms with van der Waals surface area (Å²) >= 11 is 0. The molecular weight excluding hydrogens is 378 g/mol. The molecule has 0 amide bonds. The Kier molecular flexibility index (Phi) is 5.71. The van der Waals surface area contributed by atoms with Crippen LogP contribution in [0.3, 0.4) is 0 Å². The van der Waals surface area contributed by atoms with Gasteiger partial charge in [0.25, 0.3) is 0 Å². The van der Waals surface area contributed by atoms with Crippen LogP contribution in [0.2, 0.25) is 0 Å². The number of amidine groups is 1. The zero-order chi connectivity index (χ0) is 20.4. The summed E-state index contributed by atoms with van der Waals surface area (Å²) in [5.74, 6) is -6.79. The van der Waals surface area contributed by atoms with Crippen molar-refractivity contribution in [3.63, 3.8) is 0 Å². The maximum absolute atomic E-state index is 13.7. The predicted octanol–water partition coefficient (Wildman–Crippen LogP) is 4.54. The number of benzene rings is 1.